The van der Waals surface area contributed by atoms with Crippen LogP contribution in [0, 0.1) is 11.8 Å². The van der Waals surface area contributed by atoms with Crippen LogP contribution in [-0.4, -0.2) is 60.9 Å². The zero-order valence-corrected chi connectivity index (χ0v) is 14.9. The van der Waals surface area contributed by atoms with Crippen LogP contribution in [0.1, 0.15) is 44.9 Å². The summed E-state index contributed by atoms with van der Waals surface area (Å²) in [6, 6.07) is 0.409. The highest BCUT2D eigenvalue weighted by Crippen LogP contribution is 2.30. The first-order chi connectivity index (χ1) is 10.7. The number of nitrogens with zero attached hydrogens (tertiary/aromatic N) is 2. The second kappa shape index (κ2) is 8.34. The number of carbonyl (C=O) groups excluding carboxylic acids is 2. The minimum absolute atomic E-state index is 0. The lowest BCUT2D eigenvalue weighted by molar-refractivity contribution is -0.137. The summed E-state index contributed by atoms with van der Waals surface area (Å²) < 4.78 is 0. The van der Waals surface area contributed by atoms with E-state index in [4.69, 9.17) is 0 Å². The maximum atomic E-state index is 12.7. The van der Waals surface area contributed by atoms with Crippen molar-refractivity contribution in [2.75, 3.05) is 33.2 Å². The second-order valence-electron chi connectivity index (χ2n) is 7.21. The molecule has 0 aromatic heterocycles. The largest absolute Gasteiger partial charge is 0.342 e. The highest BCUT2D eigenvalue weighted by molar-refractivity contribution is 5.89. The van der Waals surface area contributed by atoms with Gasteiger partial charge in [-0.2, -0.15) is 0 Å². The highest BCUT2D eigenvalue weighted by Gasteiger charge is 2.40. The van der Waals surface area contributed by atoms with Gasteiger partial charge in [0.25, 0.3) is 0 Å². The monoisotopic (exact) mass is 343 g/mol. The number of hydrogen-bond donors (Lipinski definition) is 1. The molecule has 1 atom stereocenters. The third kappa shape index (κ3) is 4.18. The lowest BCUT2D eigenvalue weighted by Gasteiger charge is -2.33. The molecule has 23 heavy (non-hydrogen) atoms. The van der Waals surface area contributed by atoms with Crippen LogP contribution < -0.4 is 5.32 Å². The Morgan fingerprint density at radius 3 is 2.43 bits per heavy atom. The number of likely N-dealkylation sites (tertiary alicyclic amines) is 2. The molecule has 1 aliphatic carbocycles. The molecule has 0 aromatic rings. The van der Waals surface area contributed by atoms with Crippen molar-refractivity contribution in [3.63, 3.8) is 0 Å². The van der Waals surface area contributed by atoms with Gasteiger partial charge in [0, 0.05) is 32.1 Å². The van der Waals surface area contributed by atoms with E-state index in [9.17, 15) is 9.59 Å². The second-order valence-corrected chi connectivity index (χ2v) is 7.21. The van der Waals surface area contributed by atoms with E-state index in [2.05, 4.69) is 5.32 Å². The molecule has 6 heteroatoms. The van der Waals surface area contributed by atoms with Gasteiger partial charge in [-0.3, -0.25) is 9.59 Å². The van der Waals surface area contributed by atoms with Gasteiger partial charge in [-0.25, -0.2) is 0 Å². The van der Waals surface area contributed by atoms with Gasteiger partial charge in [0.1, 0.15) is 0 Å². The minimum atomic E-state index is -0.0889. The third-order valence-corrected chi connectivity index (χ3v) is 5.69. The Labute approximate surface area is 145 Å². The summed E-state index contributed by atoms with van der Waals surface area (Å²) in [5, 5.41) is 3.22. The van der Waals surface area contributed by atoms with Gasteiger partial charge < -0.3 is 15.1 Å². The van der Waals surface area contributed by atoms with E-state index in [0.29, 0.717) is 24.9 Å². The summed E-state index contributed by atoms with van der Waals surface area (Å²) in [4.78, 5) is 29.0. The molecule has 3 rings (SSSR count). The molecule has 0 aromatic carbocycles. The zero-order valence-electron chi connectivity index (χ0n) is 14.1. The Morgan fingerprint density at radius 2 is 1.83 bits per heavy atom. The first kappa shape index (κ1) is 18.5. The van der Waals surface area contributed by atoms with Crippen molar-refractivity contribution in [3.05, 3.63) is 0 Å². The van der Waals surface area contributed by atoms with Crippen molar-refractivity contribution in [3.8, 4) is 0 Å². The third-order valence-electron chi connectivity index (χ3n) is 5.69. The van der Waals surface area contributed by atoms with Crippen molar-refractivity contribution in [2.24, 2.45) is 11.8 Å². The normalized spacial score (nSPS) is 26.7. The van der Waals surface area contributed by atoms with E-state index in [1.807, 2.05) is 16.8 Å². The molecule has 2 heterocycles. The molecule has 3 aliphatic rings. The lowest BCUT2D eigenvalue weighted by Crippen LogP contribution is -2.44. The first-order valence-electron chi connectivity index (χ1n) is 8.92. The van der Waals surface area contributed by atoms with Gasteiger partial charge in [-0.15, -0.1) is 12.4 Å². The Hall–Kier alpha value is -0.810. The number of rotatable bonds is 4. The SMILES string of the molecule is CNCC1CCN(C(=O)C2CC(=O)N(C3CCCC3)C2)CC1.Cl. The molecule has 2 saturated heterocycles. The van der Waals surface area contributed by atoms with Gasteiger partial charge in [0.15, 0.2) is 0 Å². The van der Waals surface area contributed by atoms with Crippen molar-refractivity contribution in [2.45, 2.75) is 51.0 Å². The average molecular weight is 344 g/mol. The maximum Gasteiger partial charge on any atom is 0.227 e. The van der Waals surface area contributed by atoms with Gasteiger partial charge in [0.2, 0.25) is 11.8 Å². The molecule has 1 unspecified atom stereocenters. The zero-order chi connectivity index (χ0) is 15.5. The number of nitrogens with one attached hydrogen (secondary N) is 1. The number of carbonyl (C=O) groups is 2. The molecule has 1 saturated carbocycles. The Bertz CT molecular complexity index is 418. The van der Waals surface area contributed by atoms with Crippen LogP contribution in [0.2, 0.25) is 0 Å². The number of halogens is 1. The lowest BCUT2D eigenvalue weighted by atomic mass is 9.95. The molecule has 2 amide bonds. The van der Waals surface area contributed by atoms with Gasteiger partial charge in [-0.05, 0) is 45.2 Å². The number of amides is 2. The Morgan fingerprint density at radius 1 is 1.17 bits per heavy atom. The topological polar surface area (TPSA) is 52.7 Å². The molecule has 132 valence electrons. The van der Waals surface area contributed by atoms with Crippen LogP contribution >= 0.6 is 12.4 Å². The smallest absolute Gasteiger partial charge is 0.227 e. The fraction of sp³-hybridized carbons (Fsp3) is 0.882. The van der Waals surface area contributed by atoms with Crippen LogP contribution in [0.25, 0.3) is 0 Å². The van der Waals surface area contributed by atoms with Crippen molar-refractivity contribution >= 4 is 24.2 Å². The minimum Gasteiger partial charge on any atom is -0.342 e. The van der Waals surface area contributed by atoms with Crippen LogP contribution in [-0.2, 0) is 9.59 Å². The van der Waals surface area contributed by atoms with Crippen LogP contribution in [0.15, 0.2) is 0 Å². The summed E-state index contributed by atoms with van der Waals surface area (Å²) in [5.74, 6) is 1.02. The van der Waals surface area contributed by atoms with Crippen molar-refractivity contribution in [1.29, 1.82) is 0 Å². The van der Waals surface area contributed by atoms with Crippen LogP contribution in [0.3, 0.4) is 0 Å². The summed E-state index contributed by atoms with van der Waals surface area (Å²) in [7, 11) is 1.99. The predicted octanol–water partition coefficient (Wildman–Crippen LogP) is 1.66. The highest BCUT2D eigenvalue weighted by atomic mass is 35.5. The van der Waals surface area contributed by atoms with E-state index >= 15 is 0 Å². The van der Waals surface area contributed by atoms with Crippen LogP contribution in [0.5, 0.6) is 0 Å². The van der Waals surface area contributed by atoms with E-state index in [1.54, 1.807) is 0 Å². The summed E-state index contributed by atoms with van der Waals surface area (Å²) in [6.45, 7) is 3.43. The van der Waals surface area contributed by atoms with Crippen molar-refractivity contribution < 1.29 is 9.59 Å². The summed E-state index contributed by atoms with van der Waals surface area (Å²) in [6.07, 6.45) is 7.31. The maximum absolute atomic E-state index is 12.7. The molecule has 0 radical (unpaired) electrons. The quantitative estimate of drug-likeness (QED) is 0.844. The van der Waals surface area contributed by atoms with Gasteiger partial charge >= 0.3 is 0 Å². The fourth-order valence-corrected chi connectivity index (χ4v) is 4.37. The summed E-state index contributed by atoms with van der Waals surface area (Å²) >= 11 is 0. The standard InChI is InChI=1S/C17H29N3O2.ClH/c1-18-11-13-6-8-19(9-7-13)17(22)14-10-16(21)20(12-14)15-4-2-3-5-15;/h13-15,18H,2-12H2,1H3;1H. The van der Waals surface area contributed by atoms with E-state index < -0.39 is 0 Å². The first-order valence-corrected chi connectivity index (χ1v) is 8.92. The Balaban J connectivity index is 0.00000192. The molecule has 0 bridgehead atoms. The molecule has 2 aliphatic heterocycles. The molecular formula is C17H30ClN3O2. The molecular weight excluding hydrogens is 314 g/mol. The van der Waals surface area contributed by atoms with E-state index in [-0.39, 0.29) is 30.1 Å². The number of hydrogen-bond acceptors (Lipinski definition) is 3. The number of piperidine rings is 1. The molecule has 5 nitrogen and oxygen atoms in total. The average Bonchev–Trinajstić information content (AvgIpc) is 3.17. The van der Waals surface area contributed by atoms with Crippen LogP contribution in [0.4, 0.5) is 0 Å². The molecule has 1 N–H and O–H groups in total. The molecule has 3 fully saturated rings. The van der Waals surface area contributed by atoms with E-state index in [1.165, 1.54) is 12.8 Å². The summed E-state index contributed by atoms with van der Waals surface area (Å²) in [5.41, 5.74) is 0. The molecule has 0 spiro atoms. The van der Waals surface area contributed by atoms with Gasteiger partial charge in [-0.1, -0.05) is 12.8 Å². The van der Waals surface area contributed by atoms with E-state index in [0.717, 1.165) is 45.3 Å². The fourth-order valence-electron chi connectivity index (χ4n) is 4.37. The van der Waals surface area contributed by atoms with Gasteiger partial charge in [0.05, 0.1) is 5.92 Å². The predicted molar refractivity (Wildman–Crippen MR) is 92.6 cm³/mol. The van der Waals surface area contributed by atoms with Crippen molar-refractivity contribution in [1.82, 2.24) is 15.1 Å². The Kier molecular flexibility index (Phi) is 6.72.